The van der Waals surface area contributed by atoms with Crippen LogP contribution in [0.25, 0.3) is 44.0 Å². The highest BCUT2D eigenvalue weighted by atomic mass is 19.1. The Morgan fingerprint density at radius 1 is 1.03 bits per heavy atom. The molecule has 1 saturated carbocycles. The Labute approximate surface area is 225 Å². The molecular formula is C32H27FN4O2. The number of nitrogens with zero attached hydrogens (tertiary/aromatic N) is 3. The third-order valence-corrected chi connectivity index (χ3v) is 7.42. The molecule has 7 heteroatoms. The maximum atomic E-state index is 14.1. The van der Waals surface area contributed by atoms with Crippen LogP contribution in [0.4, 0.5) is 4.39 Å². The average molecular weight is 519 g/mol. The molecule has 1 aliphatic carbocycles. The van der Waals surface area contributed by atoms with Crippen molar-refractivity contribution in [3.05, 3.63) is 71.0 Å². The van der Waals surface area contributed by atoms with Gasteiger partial charge in [-0.15, -0.1) is 0 Å². The van der Waals surface area contributed by atoms with Crippen LogP contribution >= 0.6 is 0 Å². The van der Waals surface area contributed by atoms with E-state index in [1.54, 1.807) is 13.8 Å². The van der Waals surface area contributed by atoms with Crippen LogP contribution in [0.5, 0.6) is 5.75 Å². The van der Waals surface area contributed by atoms with Gasteiger partial charge in [-0.05, 0) is 86.2 Å². The molecular weight excluding hydrogens is 491 g/mol. The maximum Gasteiger partial charge on any atom is 0.141 e. The Bertz CT molecular complexity index is 1830. The molecule has 0 aliphatic heterocycles. The predicted octanol–water partition coefficient (Wildman–Crippen LogP) is 6.91. The lowest BCUT2D eigenvalue weighted by molar-refractivity contribution is 0.0810. The van der Waals surface area contributed by atoms with Crippen LogP contribution in [-0.4, -0.2) is 26.8 Å². The van der Waals surface area contributed by atoms with Gasteiger partial charge in [-0.25, -0.2) is 9.37 Å². The van der Waals surface area contributed by atoms with Crippen molar-refractivity contribution in [1.29, 1.82) is 10.5 Å². The van der Waals surface area contributed by atoms with Crippen molar-refractivity contribution in [2.45, 2.75) is 51.7 Å². The number of aromatic amines is 1. The highest BCUT2D eigenvalue weighted by Crippen LogP contribution is 2.40. The normalized spacial score (nSPS) is 14.4. The number of aromatic nitrogens is 2. The van der Waals surface area contributed by atoms with E-state index in [1.165, 1.54) is 12.8 Å². The molecule has 0 radical (unpaired) electrons. The Kier molecular flexibility index (Phi) is 5.79. The van der Waals surface area contributed by atoms with Gasteiger partial charge in [0.25, 0.3) is 0 Å². The molecule has 6 rings (SSSR count). The smallest absolute Gasteiger partial charge is 0.141 e. The number of rotatable bonds is 6. The van der Waals surface area contributed by atoms with Gasteiger partial charge in [0.05, 0.1) is 39.4 Å². The number of fused-ring (bicyclic) bond motifs is 6. The zero-order valence-corrected chi connectivity index (χ0v) is 22.0. The van der Waals surface area contributed by atoms with Crippen LogP contribution in [-0.2, 0) is 6.42 Å². The predicted molar refractivity (Wildman–Crippen MR) is 149 cm³/mol. The molecule has 0 bridgehead atoms. The molecule has 2 N–H and O–H groups in total. The van der Waals surface area contributed by atoms with Gasteiger partial charge in [-0.2, -0.15) is 10.5 Å². The Balaban J connectivity index is 1.63. The SMILES string of the molecule is CC(Oc1ccc2c(c1)c1cc(CC(C)(C)O)ccc1c1[nH]c(-c3c(C#N)cc(F)cc3C#N)nc21)C1CC1. The molecule has 39 heavy (non-hydrogen) atoms. The second kappa shape index (κ2) is 9.08. The molecule has 1 aromatic heterocycles. The summed E-state index contributed by atoms with van der Waals surface area (Å²) in [7, 11) is 0. The van der Waals surface area contributed by atoms with Crippen LogP contribution in [0.1, 0.15) is 50.3 Å². The van der Waals surface area contributed by atoms with Crippen LogP contribution in [0.3, 0.4) is 0 Å². The van der Waals surface area contributed by atoms with Crippen LogP contribution < -0.4 is 4.74 Å². The lowest BCUT2D eigenvalue weighted by atomic mass is 9.93. The first-order valence-electron chi connectivity index (χ1n) is 13.1. The topological polar surface area (TPSA) is 106 Å². The van der Waals surface area contributed by atoms with Gasteiger partial charge in [-0.1, -0.05) is 18.2 Å². The van der Waals surface area contributed by atoms with Crippen molar-refractivity contribution in [2.75, 3.05) is 0 Å². The maximum absolute atomic E-state index is 14.1. The fraction of sp³-hybridized carbons (Fsp3) is 0.281. The van der Waals surface area contributed by atoms with E-state index in [0.717, 1.165) is 50.5 Å². The van der Waals surface area contributed by atoms with E-state index >= 15 is 0 Å². The fourth-order valence-electron chi connectivity index (χ4n) is 5.46. The highest BCUT2D eigenvalue weighted by molar-refractivity contribution is 6.24. The van der Waals surface area contributed by atoms with Gasteiger partial charge in [0.2, 0.25) is 0 Å². The van der Waals surface area contributed by atoms with Gasteiger partial charge in [0, 0.05) is 17.2 Å². The van der Waals surface area contributed by atoms with Gasteiger partial charge in [0.1, 0.15) is 29.5 Å². The van der Waals surface area contributed by atoms with E-state index in [0.29, 0.717) is 23.7 Å². The first-order valence-corrected chi connectivity index (χ1v) is 13.1. The molecule has 194 valence electrons. The standard InChI is InChI=1S/C32H27FN4O2/c1-17(19-5-6-19)39-23-7-9-25-27(13-23)26-10-18(14-32(2,3)38)4-8-24(26)29-30(25)37-31(36-29)28-20(15-34)11-22(33)12-21(28)16-35/h4,7-13,17,19,38H,5-6,14H2,1-3H3,(H,36,37). The number of aliphatic hydroxyl groups is 1. The summed E-state index contributed by atoms with van der Waals surface area (Å²) in [6, 6.07) is 18.3. The molecule has 1 fully saturated rings. The van der Waals surface area contributed by atoms with Gasteiger partial charge >= 0.3 is 0 Å². The largest absolute Gasteiger partial charge is 0.490 e. The average Bonchev–Trinajstić information content (AvgIpc) is 3.66. The van der Waals surface area contributed by atoms with Crippen molar-refractivity contribution in [3.63, 3.8) is 0 Å². The number of halogens is 1. The minimum absolute atomic E-state index is 0.0384. The summed E-state index contributed by atoms with van der Waals surface area (Å²) in [4.78, 5) is 8.20. The molecule has 0 spiro atoms. The second-order valence-electron chi connectivity index (χ2n) is 11.1. The summed E-state index contributed by atoms with van der Waals surface area (Å²) < 4.78 is 20.4. The molecule has 0 saturated heterocycles. The molecule has 1 unspecified atom stereocenters. The molecule has 5 aromatic rings. The molecule has 4 aromatic carbocycles. The Hall–Kier alpha value is -4.46. The van der Waals surface area contributed by atoms with Crippen LogP contribution in [0, 0.1) is 34.4 Å². The van der Waals surface area contributed by atoms with E-state index < -0.39 is 11.4 Å². The first-order chi connectivity index (χ1) is 18.6. The summed E-state index contributed by atoms with van der Waals surface area (Å²) >= 11 is 0. The third kappa shape index (κ3) is 4.56. The number of imidazole rings is 1. The van der Waals surface area contributed by atoms with Crippen molar-refractivity contribution in [2.24, 2.45) is 5.92 Å². The monoisotopic (exact) mass is 518 g/mol. The van der Waals surface area contributed by atoms with Crippen molar-refractivity contribution in [3.8, 4) is 29.3 Å². The van der Waals surface area contributed by atoms with Crippen LogP contribution in [0.2, 0.25) is 0 Å². The number of H-pyrrole nitrogens is 1. The van der Waals surface area contributed by atoms with Gasteiger partial charge < -0.3 is 14.8 Å². The van der Waals surface area contributed by atoms with E-state index in [4.69, 9.17) is 9.72 Å². The second-order valence-corrected chi connectivity index (χ2v) is 11.1. The summed E-state index contributed by atoms with van der Waals surface area (Å²) in [5.74, 6) is 1.05. The zero-order valence-electron chi connectivity index (χ0n) is 22.0. The fourth-order valence-corrected chi connectivity index (χ4v) is 5.46. The van der Waals surface area contributed by atoms with Crippen LogP contribution in [0.15, 0.2) is 48.5 Å². The number of ether oxygens (including phenoxy) is 1. The zero-order chi connectivity index (χ0) is 27.5. The number of benzene rings is 4. The summed E-state index contributed by atoms with van der Waals surface area (Å²) in [6.07, 6.45) is 2.99. The lowest BCUT2D eigenvalue weighted by Gasteiger charge is -2.18. The highest BCUT2D eigenvalue weighted by Gasteiger charge is 2.29. The Morgan fingerprint density at radius 3 is 2.33 bits per heavy atom. The van der Waals surface area contributed by atoms with E-state index in [-0.39, 0.29) is 22.8 Å². The third-order valence-electron chi connectivity index (χ3n) is 7.42. The molecule has 1 heterocycles. The number of hydrogen-bond acceptors (Lipinski definition) is 5. The minimum Gasteiger partial charge on any atom is -0.490 e. The van der Waals surface area contributed by atoms with Crippen molar-refractivity contribution < 1.29 is 14.2 Å². The van der Waals surface area contributed by atoms with E-state index in [2.05, 4.69) is 18.0 Å². The molecule has 0 amide bonds. The summed E-state index contributed by atoms with van der Waals surface area (Å²) in [6.45, 7) is 5.67. The Morgan fingerprint density at radius 2 is 1.69 bits per heavy atom. The van der Waals surface area contributed by atoms with Gasteiger partial charge in [-0.3, -0.25) is 0 Å². The summed E-state index contributed by atoms with van der Waals surface area (Å²) in [5.41, 5.74) is 1.90. The number of nitriles is 2. The number of nitrogens with one attached hydrogen (secondary N) is 1. The minimum atomic E-state index is -0.868. The lowest BCUT2D eigenvalue weighted by Crippen LogP contribution is -2.21. The first kappa shape index (κ1) is 24.9. The molecule has 1 aliphatic rings. The van der Waals surface area contributed by atoms with Crippen molar-refractivity contribution in [1.82, 2.24) is 9.97 Å². The number of hydrogen-bond donors (Lipinski definition) is 2. The molecule has 6 nitrogen and oxygen atoms in total. The van der Waals surface area contributed by atoms with E-state index in [1.807, 2.05) is 42.5 Å². The van der Waals surface area contributed by atoms with Crippen molar-refractivity contribution >= 4 is 32.6 Å². The quantitative estimate of drug-likeness (QED) is 0.238. The molecule has 1 atom stereocenters. The van der Waals surface area contributed by atoms with E-state index in [9.17, 15) is 20.0 Å². The van der Waals surface area contributed by atoms with Gasteiger partial charge in [0.15, 0.2) is 0 Å². The summed E-state index contributed by atoms with van der Waals surface area (Å²) in [5, 5.41) is 33.6.